The maximum absolute atomic E-state index is 13.3. The summed E-state index contributed by atoms with van der Waals surface area (Å²) in [5, 5.41) is 2.66. The topological polar surface area (TPSA) is 25.2 Å². The van der Waals surface area contributed by atoms with Crippen molar-refractivity contribution in [2.45, 2.75) is 19.9 Å². The number of anilines is 1. The highest BCUT2D eigenvalue weighted by molar-refractivity contribution is 5.45. The molecule has 0 unspecified atom stereocenters. The van der Waals surface area contributed by atoms with Crippen LogP contribution in [0.3, 0.4) is 0 Å². The van der Waals surface area contributed by atoms with Gasteiger partial charge in [-0.1, -0.05) is 6.92 Å². The monoisotopic (exact) mass is 255 g/mol. The van der Waals surface area contributed by atoms with E-state index in [1.54, 1.807) is 6.07 Å². The van der Waals surface area contributed by atoms with E-state index in [1.807, 2.05) is 13.0 Å². The molecule has 96 valence electrons. The number of nitrogens with one attached hydrogen (secondary N) is 1. The lowest BCUT2D eigenvalue weighted by molar-refractivity contribution is 0.447. The van der Waals surface area contributed by atoms with Crippen LogP contribution in [-0.2, 0) is 13.0 Å². The van der Waals surface area contributed by atoms with E-state index in [0.717, 1.165) is 24.3 Å². The Morgan fingerprint density at radius 2 is 1.72 bits per heavy atom. The van der Waals surface area contributed by atoms with Crippen molar-refractivity contribution in [3.8, 4) is 0 Å². The summed E-state index contributed by atoms with van der Waals surface area (Å²) in [4.78, 5) is 0. The van der Waals surface area contributed by atoms with Gasteiger partial charge < -0.3 is 9.73 Å². The molecule has 2 nitrogen and oxygen atoms in total. The number of halogens is 3. The standard InChI is InChI=1S/C13H12F3NO/c1-2-8-3-4-9(18-8)7-17-11-6-5-10(14)12(15)13(11)16/h3-6,17H,2,7H2,1H3. The number of benzene rings is 1. The third kappa shape index (κ3) is 2.50. The van der Waals surface area contributed by atoms with Crippen LogP contribution in [0.1, 0.15) is 18.4 Å². The summed E-state index contributed by atoms with van der Waals surface area (Å²) in [5.74, 6) is -2.48. The lowest BCUT2D eigenvalue weighted by Crippen LogP contribution is -2.03. The molecule has 0 saturated carbocycles. The first-order valence-corrected chi connectivity index (χ1v) is 5.56. The van der Waals surface area contributed by atoms with Crippen molar-refractivity contribution in [3.05, 3.63) is 53.2 Å². The fourth-order valence-corrected chi connectivity index (χ4v) is 1.55. The molecule has 0 aliphatic heterocycles. The molecule has 0 fully saturated rings. The van der Waals surface area contributed by atoms with Crippen molar-refractivity contribution in [2.24, 2.45) is 0 Å². The number of aryl methyl sites for hydroxylation is 1. The average molecular weight is 255 g/mol. The predicted molar refractivity (Wildman–Crippen MR) is 61.7 cm³/mol. The van der Waals surface area contributed by atoms with Gasteiger partial charge in [0, 0.05) is 6.42 Å². The highest BCUT2D eigenvalue weighted by Gasteiger charge is 2.13. The van der Waals surface area contributed by atoms with Crippen LogP contribution in [0, 0.1) is 17.5 Å². The van der Waals surface area contributed by atoms with Crippen LogP contribution in [0.15, 0.2) is 28.7 Å². The molecule has 18 heavy (non-hydrogen) atoms. The van der Waals surface area contributed by atoms with Crippen LogP contribution in [0.5, 0.6) is 0 Å². The Morgan fingerprint density at radius 3 is 2.39 bits per heavy atom. The maximum Gasteiger partial charge on any atom is 0.196 e. The predicted octanol–water partition coefficient (Wildman–Crippen LogP) is 3.87. The molecule has 1 heterocycles. The summed E-state index contributed by atoms with van der Waals surface area (Å²) in [7, 11) is 0. The maximum atomic E-state index is 13.3. The first-order chi connectivity index (χ1) is 8.61. The molecule has 1 aromatic carbocycles. The van der Waals surface area contributed by atoms with Gasteiger partial charge in [-0.25, -0.2) is 13.2 Å². The number of hydrogen-bond acceptors (Lipinski definition) is 2. The molecule has 0 spiro atoms. The minimum Gasteiger partial charge on any atom is -0.464 e. The van der Waals surface area contributed by atoms with Crippen LogP contribution in [0.4, 0.5) is 18.9 Å². The summed E-state index contributed by atoms with van der Waals surface area (Å²) >= 11 is 0. The zero-order chi connectivity index (χ0) is 13.1. The van der Waals surface area contributed by atoms with E-state index in [1.165, 1.54) is 0 Å². The van der Waals surface area contributed by atoms with Gasteiger partial charge >= 0.3 is 0 Å². The number of rotatable bonds is 4. The van der Waals surface area contributed by atoms with E-state index >= 15 is 0 Å². The zero-order valence-corrected chi connectivity index (χ0v) is 9.77. The Hall–Kier alpha value is -1.91. The summed E-state index contributed by atoms with van der Waals surface area (Å²) in [5.41, 5.74) is -0.0941. The van der Waals surface area contributed by atoms with E-state index in [0.29, 0.717) is 5.76 Å². The molecule has 0 atom stereocenters. The second-order valence-electron chi connectivity index (χ2n) is 3.80. The van der Waals surface area contributed by atoms with Gasteiger partial charge in [0.1, 0.15) is 11.5 Å². The van der Waals surface area contributed by atoms with Gasteiger partial charge in [0.2, 0.25) is 0 Å². The van der Waals surface area contributed by atoms with Crippen LogP contribution < -0.4 is 5.32 Å². The summed E-state index contributed by atoms with van der Waals surface area (Å²) in [6, 6.07) is 5.60. The van der Waals surface area contributed by atoms with Crippen molar-refractivity contribution in [1.29, 1.82) is 0 Å². The first kappa shape index (κ1) is 12.5. The Morgan fingerprint density at radius 1 is 1.00 bits per heavy atom. The third-order valence-electron chi connectivity index (χ3n) is 2.55. The van der Waals surface area contributed by atoms with E-state index < -0.39 is 17.5 Å². The Balaban J connectivity index is 2.08. The molecule has 1 N–H and O–H groups in total. The molecule has 0 bridgehead atoms. The molecule has 2 aromatic rings. The van der Waals surface area contributed by atoms with Crippen LogP contribution in [0.25, 0.3) is 0 Å². The van der Waals surface area contributed by atoms with Gasteiger partial charge in [0.15, 0.2) is 17.5 Å². The van der Waals surface area contributed by atoms with Crippen molar-refractivity contribution >= 4 is 5.69 Å². The van der Waals surface area contributed by atoms with Crippen molar-refractivity contribution in [3.63, 3.8) is 0 Å². The molecule has 0 amide bonds. The third-order valence-corrected chi connectivity index (χ3v) is 2.55. The fraction of sp³-hybridized carbons (Fsp3) is 0.231. The molecular formula is C13H12F3NO. The van der Waals surface area contributed by atoms with Gasteiger partial charge in [0.25, 0.3) is 0 Å². The van der Waals surface area contributed by atoms with E-state index in [2.05, 4.69) is 5.32 Å². The van der Waals surface area contributed by atoms with Crippen molar-refractivity contribution < 1.29 is 17.6 Å². The zero-order valence-electron chi connectivity index (χ0n) is 9.77. The molecule has 5 heteroatoms. The average Bonchev–Trinajstić information content (AvgIpc) is 2.83. The minimum absolute atomic E-state index is 0.0941. The molecule has 0 saturated heterocycles. The first-order valence-electron chi connectivity index (χ1n) is 5.56. The lowest BCUT2D eigenvalue weighted by Gasteiger charge is -2.06. The van der Waals surface area contributed by atoms with Gasteiger partial charge in [-0.05, 0) is 24.3 Å². The summed E-state index contributed by atoms with van der Waals surface area (Å²) < 4.78 is 44.4. The quantitative estimate of drug-likeness (QED) is 0.839. The van der Waals surface area contributed by atoms with E-state index in [-0.39, 0.29) is 12.2 Å². The Kier molecular flexibility index (Phi) is 3.60. The van der Waals surface area contributed by atoms with Crippen LogP contribution >= 0.6 is 0 Å². The lowest BCUT2D eigenvalue weighted by atomic mass is 10.2. The van der Waals surface area contributed by atoms with Gasteiger partial charge in [0.05, 0.1) is 12.2 Å². The largest absolute Gasteiger partial charge is 0.464 e. The molecule has 0 radical (unpaired) electrons. The number of hydrogen-bond donors (Lipinski definition) is 1. The summed E-state index contributed by atoms with van der Waals surface area (Å²) in [6.45, 7) is 2.16. The SMILES string of the molecule is CCc1ccc(CNc2ccc(F)c(F)c2F)o1. The number of furan rings is 1. The molecule has 0 aliphatic carbocycles. The Labute approximate surface area is 102 Å². The van der Waals surface area contributed by atoms with Gasteiger partial charge in [-0.2, -0.15) is 0 Å². The van der Waals surface area contributed by atoms with Gasteiger partial charge in [-0.15, -0.1) is 0 Å². The van der Waals surface area contributed by atoms with Crippen LogP contribution in [-0.4, -0.2) is 0 Å². The highest BCUT2D eigenvalue weighted by Crippen LogP contribution is 2.20. The fourth-order valence-electron chi connectivity index (χ4n) is 1.55. The molecule has 2 rings (SSSR count). The highest BCUT2D eigenvalue weighted by atomic mass is 19.2. The smallest absolute Gasteiger partial charge is 0.196 e. The Bertz CT molecular complexity index is 551. The van der Waals surface area contributed by atoms with Crippen LogP contribution in [0.2, 0.25) is 0 Å². The molecule has 1 aromatic heterocycles. The second-order valence-corrected chi connectivity index (χ2v) is 3.80. The van der Waals surface area contributed by atoms with Crippen molar-refractivity contribution in [2.75, 3.05) is 5.32 Å². The second kappa shape index (κ2) is 5.16. The minimum atomic E-state index is -1.48. The molecular weight excluding hydrogens is 243 g/mol. The van der Waals surface area contributed by atoms with E-state index in [4.69, 9.17) is 4.42 Å². The molecule has 0 aliphatic rings. The normalized spacial score (nSPS) is 10.7. The van der Waals surface area contributed by atoms with Gasteiger partial charge in [-0.3, -0.25) is 0 Å². The van der Waals surface area contributed by atoms with E-state index in [9.17, 15) is 13.2 Å². The summed E-state index contributed by atoms with van der Waals surface area (Å²) in [6.07, 6.45) is 0.763. The van der Waals surface area contributed by atoms with Crippen molar-refractivity contribution in [1.82, 2.24) is 0 Å².